The molecule has 1 rings (SSSR count). The van der Waals surface area contributed by atoms with Gasteiger partial charge in [0.05, 0.1) is 32.0 Å². The lowest BCUT2D eigenvalue weighted by molar-refractivity contribution is -0.0454. The molecule has 3 nitrogen and oxygen atoms in total. The third kappa shape index (κ3) is 5.76. The molecule has 0 amide bonds. The van der Waals surface area contributed by atoms with Crippen molar-refractivity contribution in [2.45, 2.75) is 37.9 Å². The van der Waals surface area contributed by atoms with Crippen molar-refractivity contribution in [2.75, 3.05) is 32.7 Å². The van der Waals surface area contributed by atoms with E-state index in [2.05, 4.69) is 12.6 Å². The lowest BCUT2D eigenvalue weighted by atomic mass is 9.95. The van der Waals surface area contributed by atoms with Crippen molar-refractivity contribution in [2.24, 2.45) is 0 Å². The first-order valence-electron chi connectivity index (χ1n) is 5.69. The molecule has 0 aliphatic heterocycles. The zero-order chi connectivity index (χ0) is 10.9. The van der Waals surface area contributed by atoms with Gasteiger partial charge in [-0.05, 0) is 25.7 Å². The molecule has 0 heterocycles. The Labute approximate surface area is 97.9 Å². The molecule has 1 fully saturated rings. The SMILES string of the molecule is COC1CCCC(OCCOCCS)C1. The number of methoxy groups -OCH3 is 1. The quantitative estimate of drug-likeness (QED) is 0.538. The van der Waals surface area contributed by atoms with Crippen LogP contribution in [0.15, 0.2) is 0 Å². The van der Waals surface area contributed by atoms with Crippen LogP contribution in [0.1, 0.15) is 25.7 Å². The summed E-state index contributed by atoms with van der Waals surface area (Å²) in [6.07, 6.45) is 5.33. The van der Waals surface area contributed by atoms with E-state index in [0.717, 1.165) is 18.6 Å². The van der Waals surface area contributed by atoms with Gasteiger partial charge in [-0.3, -0.25) is 0 Å². The van der Waals surface area contributed by atoms with Crippen molar-refractivity contribution >= 4 is 12.6 Å². The van der Waals surface area contributed by atoms with Crippen molar-refractivity contribution in [3.63, 3.8) is 0 Å². The normalized spacial score (nSPS) is 26.8. The fraction of sp³-hybridized carbons (Fsp3) is 1.00. The lowest BCUT2D eigenvalue weighted by Crippen LogP contribution is -2.28. The van der Waals surface area contributed by atoms with Gasteiger partial charge in [-0.1, -0.05) is 0 Å². The highest BCUT2D eigenvalue weighted by atomic mass is 32.1. The Bertz CT molecular complexity index is 155. The maximum Gasteiger partial charge on any atom is 0.0704 e. The molecule has 1 aliphatic carbocycles. The molecule has 4 heteroatoms. The predicted octanol–water partition coefficient (Wildman–Crippen LogP) is 1.91. The average Bonchev–Trinajstić information content (AvgIpc) is 2.29. The van der Waals surface area contributed by atoms with Gasteiger partial charge in [-0.25, -0.2) is 0 Å². The predicted molar refractivity (Wildman–Crippen MR) is 63.7 cm³/mol. The van der Waals surface area contributed by atoms with Crippen LogP contribution in [0.4, 0.5) is 0 Å². The van der Waals surface area contributed by atoms with E-state index >= 15 is 0 Å². The van der Waals surface area contributed by atoms with Gasteiger partial charge in [-0.2, -0.15) is 12.6 Å². The summed E-state index contributed by atoms with van der Waals surface area (Å²) in [5.74, 6) is 0.773. The fourth-order valence-electron chi connectivity index (χ4n) is 1.91. The van der Waals surface area contributed by atoms with Gasteiger partial charge in [0.15, 0.2) is 0 Å². The zero-order valence-electron chi connectivity index (χ0n) is 9.48. The number of hydrogen-bond acceptors (Lipinski definition) is 4. The summed E-state index contributed by atoms with van der Waals surface area (Å²) in [5.41, 5.74) is 0. The molecule has 0 radical (unpaired) electrons. The van der Waals surface area contributed by atoms with Crippen LogP contribution in [0.2, 0.25) is 0 Å². The maximum atomic E-state index is 5.73. The molecular formula is C11H22O3S. The molecule has 0 bridgehead atoms. The Hall–Kier alpha value is 0.230. The van der Waals surface area contributed by atoms with Crippen molar-refractivity contribution in [3.05, 3.63) is 0 Å². The first-order valence-corrected chi connectivity index (χ1v) is 6.33. The van der Waals surface area contributed by atoms with E-state index in [4.69, 9.17) is 14.2 Å². The minimum Gasteiger partial charge on any atom is -0.381 e. The zero-order valence-corrected chi connectivity index (χ0v) is 10.4. The van der Waals surface area contributed by atoms with Crippen molar-refractivity contribution in [1.29, 1.82) is 0 Å². The van der Waals surface area contributed by atoms with Gasteiger partial charge < -0.3 is 14.2 Å². The highest BCUT2D eigenvalue weighted by Gasteiger charge is 2.21. The molecule has 2 atom stereocenters. The van der Waals surface area contributed by atoms with Crippen LogP contribution in [0.5, 0.6) is 0 Å². The number of rotatable bonds is 7. The number of ether oxygens (including phenoxy) is 3. The second-order valence-corrected chi connectivity index (χ2v) is 4.30. The summed E-state index contributed by atoms with van der Waals surface area (Å²) in [6.45, 7) is 2.07. The lowest BCUT2D eigenvalue weighted by Gasteiger charge is -2.28. The Morgan fingerprint density at radius 2 is 1.93 bits per heavy atom. The summed E-state index contributed by atoms with van der Waals surface area (Å²) in [6, 6.07) is 0. The van der Waals surface area contributed by atoms with Gasteiger partial charge in [-0.15, -0.1) is 0 Å². The molecular weight excluding hydrogens is 212 g/mol. The van der Waals surface area contributed by atoms with Gasteiger partial charge in [0.25, 0.3) is 0 Å². The molecule has 1 saturated carbocycles. The Morgan fingerprint density at radius 1 is 1.13 bits per heavy atom. The van der Waals surface area contributed by atoms with Crippen LogP contribution >= 0.6 is 12.6 Å². The molecule has 1 aliphatic rings. The fourth-order valence-corrected chi connectivity index (χ4v) is 2.04. The minimum absolute atomic E-state index is 0.364. The Kier molecular flexibility index (Phi) is 7.44. The molecule has 0 aromatic rings. The van der Waals surface area contributed by atoms with Crippen LogP contribution in [0, 0.1) is 0 Å². The highest BCUT2D eigenvalue weighted by molar-refractivity contribution is 7.80. The molecule has 0 spiro atoms. The molecule has 90 valence electrons. The second kappa shape index (κ2) is 8.39. The smallest absolute Gasteiger partial charge is 0.0704 e. The standard InChI is InChI=1S/C11H22O3S/c1-12-10-3-2-4-11(9-10)14-6-5-13-7-8-15/h10-11,15H,2-9H2,1H3. The first kappa shape index (κ1) is 13.3. The van der Waals surface area contributed by atoms with E-state index in [0.29, 0.717) is 32.0 Å². The highest BCUT2D eigenvalue weighted by Crippen LogP contribution is 2.22. The monoisotopic (exact) mass is 234 g/mol. The van der Waals surface area contributed by atoms with E-state index in [-0.39, 0.29) is 0 Å². The Morgan fingerprint density at radius 3 is 2.67 bits per heavy atom. The van der Waals surface area contributed by atoms with Crippen molar-refractivity contribution in [1.82, 2.24) is 0 Å². The first-order chi connectivity index (χ1) is 7.36. The van der Waals surface area contributed by atoms with Gasteiger partial charge in [0.2, 0.25) is 0 Å². The third-order valence-corrected chi connectivity index (χ3v) is 2.91. The van der Waals surface area contributed by atoms with E-state index in [1.54, 1.807) is 7.11 Å². The summed E-state index contributed by atoms with van der Waals surface area (Å²) < 4.78 is 16.4. The number of thiol groups is 1. The molecule has 0 aromatic carbocycles. The molecule has 0 aromatic heterocycles. The van der Waals surface area contributed by atoms with E-state index in [1.165, 1.54) is 12.8 Å². The summed E-state index contributed by atoms with van der Waals surface area (Å²) in [4.78, 5) is 0. The van der Waals surface area contributed by atoms with Gasteiger partial charge >= 0.3 is 0 Å². The van der Waals surface area contributed by atoms with Crippen LogP contribution in [0.3, 0.4) is 0 Å². The largest absolute Gasteiger partial charge is 0.381 e. The maximum absolute atomic E-state index is 5.73. The van der Waals surface area contributed by atoms with E-state index < -0.39 is 0 Å². The van der Waals surface area contributed by atoms with Crippen LogP contribution in [-0.4, -0.2) is 44.9 Å². The molecule has 2 unspecified atom stereocenters. The van der Waals surface area contributed by atoms with Crippen molar-refractivity contribution < 1.29 is 14.2 Å². The van der Waals surface area contributed by atoms with E-state index in [1.807, 2.05) is 0 Å². The Balaban J connectivity index is 2.00. The third-order valence-electron chi connectivity index (χ3n) is 2.73. The summed E-state index contributed by atoms with van der Waals surface area (Å²) >= 11 is 4.07. The van der Waals surface area contributed by atoms with Crippen LogP contribution < -0.4 is 0 Å². The van der Waals surface area contributed by atoms with E-state index in [9.17, 15) is 0 Å². The minimum atomic E-state index is 0.364. The second-order valence-electron chi connectivity index (χ2n) is 3.85. The van der Waals surface area contributed by atoms with Crippen LogP contribution in [-0.2, 0) is 14.2 Å². The molecule has 15 heavy (non-hydrogen) atoms. The van der Waals surface area contributed by atoms with Crippen molar-refractivity contribution in [3.8, 4) is 0 Å². The van der Waals surface area contributed by atoms with Gasteiger partial charge in [0, 0.05) is 12.9 Å². The number of hydrogen-bond donors (Lipinski definition) is 1. The van der Waals surface area contributed by atoms with Gasteiger partial charge in [0.1, 0.15) is 0 Å². The molecule has 0 saturated heterocycles. The average molecular weight is 234 g/mol. The van der Waals surface area contributed by atoms with Crippen LogP contribution in [0.25, 0.3) is 0 Å². The topological polar surface area (TPSA) is 27.7 Å². The summed E-state index contributed by atoms with van der Waals surface area (Å²) in [7, 11) is 1.78. The summed E-state index contributed by atoms with van der Waals surface area (Å²) in [5, 5.41) is 0. The molecule has 0 N–H and O–H groups in total.